The number of ketones is 1. The van der Waals surface area contributed by atoms with Crippen LogP contribution in [0.25, 0.3) is 0 Å². The van der Waals surface area contributed by atoms with Crippen LogP contribution in [-0.2, 0) is 0 Å². The van der Waals surface area contributed by atoms with E-state index in [4.69, 9.17) is 9.15 Å². The number of Topliss-reactive ketones (excluding diaryl/α,β-unsaturated/α-hetero) is 1. The third-order valence-corrected chi connectivity index (χ3v) is 3.10. The summed E-state index contributed by atoms with van der Waals surface area (Å²) < 4.78 is 10.5. The van der Waals surface area contributed by atoms with Crippen molar-refractivity contribution in [2.75, 3.05) is 7.11 Å². The minimum absolute atomic E-state index is 0.0671. The Kier molecular flexibility index (Phi) is 3.54. The van der Waals surface area contributed by atoms with Crippen LogP contribution >= 0.6 is 11.8 Å². The maximum Gasteiger partial charge on any atom is 0.194 e. The average Bonchev–Trinajstić information content (AvgIpc) is 2.78. The molecule has 3 nitrogen and oxygen atoms in total. The molecule has 1 heterocycles. The third kappa shape index (κ3) is 2.91. The highest BCUT2D eigenvalue weighted by Crippen LogP contribution is 2.31. The number of carbonyl (C=O) groups excluding carboxylic acids is 1. The highest BCUT2D eigenvalue weighted by Gasteiger charge is 2.07. The lowest BCUT2D eigenvalue weighted by molar-refractivity contribution is 0.0982. The maximum absolute atomic E-state index is 11.1. The van der Waals surface area contributed by atoms with Gasteiger partial charge >= 0.3 is 0 Å². The number of hydrogen-bond acceptors (Lipinski definition) is 4. The minimum Gasteiger partial charge on any atom is -0.497 e. The quantitative estimate of drug-likeness (QED) is 0.774. The molecule has 0 fully saturated rings. The average molecular weight is 248 g/mol. The van der Waals surface area contributed by atoms with E-state index in [-0.39, 0.29) is 5.78 Å². The van der Waals surface area contributed by atoms with E-state index < -0.39 is 0 Å². The van der Waals surface area contributed by atoms with Crippen molar-refractivity contribution in [3.63, 3.8) is 0 Å². The van der Waals surface area contributed by atoms with Crippen LogP contribution in [0.1, 0.15) is 17.5 Å². The molecule has 1 aromatic heterocycles. The van der Waals surface area contributed by atoms with E-state index in [1.807, 2.05) is 24.3 Å². The Morgan fingerprint density at radius 3 is 2.76 bits per heavy atom. The highest BCUT2D eigenvalue weighted by molar-refractivity contribution is 7.99. The van der Waals surface area contributed by atoms with E-state index in [0.29, 0.717) is 10.9 Å². The second-order valence-electron chi connectivity index (χ2n) is 3.46. The fourth-order valence-corrected chi connectivity index (χ4v) is 2.17. The second kappa shape index (κ2) is 5.10. The van der Waals surface area contributed by atoms with E-state index >= 15 is 0 Å². The summed E-state index contributed by atoms with van der Waals surface area (Å²) >= 11 is 1.46. The zero-order valence-electron chi connectivity index (χ0n) is 9.60. The van der Waals surface area contributed by atoms with Gasteiger partial charge < -0.3 is 9.15 Å². The molecule has 0 N–H and O–H groups in total. The number of carbonyl (C=O) groups is 1. The highest BCUT2D eigenvalue weighted by atomic mass is 32.2. The van der Waals surface area contributed by atoms with E-state index in [1.165, 1.54) is 18.7 Å². The predicted octanol–water partition coefficient (Wildman–Crippen LogP) is 3.64. The molecular weight excluding hydrogens is 236 g/mol. The zero-order chi connectivity index (χ0) is 12.3. The Bertz CT molecular complexity index is 531. The predicted molar refractivity (Wildman–Crippen MR) is 65.8 cm³/mol. The Labute approximate surface area is 104 Å². The molecular formula is C13H12O3S. The van der Waals surface area contributed by atoms with Crippen molar-refractivity contribution in [2.24, 2.45) is 0 Å². The van der Waals surface area contributed by atoms with Crippen molar-refractivity contribution in [1.82, 2.24) is 0 Å². The Balaban J connectivity index is 2.16. The summed E-state index contributed by atoms with van der Waals surface area (Å²) in [6, 6.07) is 11.2. The summed E-state index contributed by atoms with van der Waals surface area (Å²) in [6.07, 6.45) is 0. The van der Waals surface area contributed by atoms with Crippen LogP contribution in [0.2, 0.25) is 0 Å². The Morgan fingerprint density at radius 1 is 1.29 bits per heavy atom. The van der Waals surface area contributed by atoms with Crippen LogP contribution in [0, 0.1) is 0 Å². The molecule has 2 aromatic rings. The summed E-state index contributed by atoms with van der Waals surface area (Å²) in [5.74, 6) is 1.12. The first kappa shape index (κ1) is 11.8. The van der Waals surface area contributed by atoms with E-state index in [2.05, 4.69) is 0 Å². The first-order valence-corrected chi connectivity index (χ1v) is 5.93. The summed E-state index contributed by atoms with van der Waals surface area (Å²) in [4.78, 5) is 12.1. The summed E-state index contributed by atoms with van der Waals surface area (Å²) in [5, 5.41) is 0.698. The van der Waals surface area contributed by atoms with Crippen molar-refractivity contribution >= 4 is 17.5 Å². The molecule has 88 valence electrons. The van der Waals surface area contributed by atoms with Gasteiger partial charge in [-0.1, -0.05) is 17.8 Å². The normalized spacial score (nSPS) is 10.2. The van der Waals surface area contributed by atoms with Gasteiger partial charge in [0.25, 0.3) is 0 Å². The maximum atomic E-state index is 11.1. The number of methoxy groups -OCH3 is 1. The lowest BCUT2D eigenvalue weighted by Gasteiger charge is -2.01. The van der Waals surface area contributed by atoms with Crippen molar-refractivity contribution in [2.45, 2.75) is 16.9 Å². The molecule has 0 radical (unpaired) electrons. The fourth-order valence-electron chi connectivity index (χ4n) is 1.35. The molecule has 0 saturated heterocycles. The minimum atomic E-state index is -0.0671. The van der Waals surface area contributed by atoms with Gasteiger partial charge in [0.1, 0.15) is 5.75 Å². The van der Waals surface area contributed by atoms with E-state index in [1.54, 1.807) is 19.2 Å². The number of hydrogen-bond donors (Lipinski definition) is 0. The van der Waals surface area contributed by atoms with Crippen molar-refractivity contribution in [1.29, 1.82) is 0 Å². The number of benzene rings is 1. The summed E-state index contributed by atoms with van der Waals surface area (Å²) in [5.41, 5.74) is 0. The first-order chi connectivity index (χ1) is 8.19. The lowest BCUT2D eigenvalue weighted by Crippen LogP contribution is -1.85. The standard InChI is InChI=1S/C13H12O3S/c1-9(14)12-6-7-13(16-12)17-11-5-3-4-10(8-11)15-2/h3-8H,1-2H3. The number of furan rings is 1. The van der Waals surface area contributed by atoms with Gasteiger partial charge in [-0.05, 0) is 30.3 Å². The smallest absolute Gasteiger partial charge is 0.194 e. The van der Waals surface area contributed by atoms with Crippen molar-refractivity contribution in [3.05, 3.63) is 42.2 Å². The van der Waals surface area contributed by atoms with Gasteiger partial charge in [-0.15, -0.1) is 0 Å². The molecule has 0 aliphatic carbocycles. The molecule has 0 spiro atoms. The molecule has 1 aromatic carbocycles. The van der Waals surface area contributed by atoms with Crippen LogP contribution in [0.5, 0.6) is 5.75 Å². The first-order valence-electron chi connectivity index (χ1n) is 5.12. The molecule has 2 rings (SSSR count). The Morgan fingerprint density at radius 2 is 2.12 bits per heavy atom. The lowest BCUT2D eigenvalue weighted by atomic mass is 10.3. The molecule has 0 amide bonds. The summed E-state index contributed by atoms with van der Waals surface area (Å²) in [6.45, 7) is 1.48. The van der Waals surface area contributed by atoms with Crippen LogP contribution in [-0.4, -0.2) is 12.9 Å². The molecule has 0 bridgehead atoms. The van der Waals surface area contributed by atoms with Crippen LogP contribution in [0.3, 0.4) is 0 Å². The van der Waals surface area contributed by atoms with Crippen LogP contribution < -0.4 is 4.74 Å². The third-order valence-electron chi connectivity index (χ3n) is 2.19. The molecule has 0 aliphatic heterocycles. The molecule has 0 aliphatic rings. The van der Waals surface area contributed by atoms with Crippen LogP contribution in [0.4, 0.5) is 0 Å². The van der Waals surface area contributed by atoms with Crippen molar-refractivity contribution < 1.29 is 13.9 Å². The van der Waals surface area contributed by atoms with Gasteiger partial charge in [0.05, 0.1) is 7.11 Å². The van der Waals surface area contributed by atoms with Gasteiger partial charge in [-0.2, -0.15) is 0 Å². The summed E-state index contributed by atoms with van der Waals surface area (Å²) in [7, 11) is 1.63. The zero-order valence-corrected chi connectivity index (χ0v) is 10.4. The van der Waals surface area contributed by atoms with Gasteiger partial charge in [0, 0.05) is 11.8 Å². The molecule has 0 atom stereocenters. The molecule has 17 heavy (non-hydrogen) atoms. The monoisotopic (exact) mass is 248 g/mol. The number of rotatable bonds is 4. The molecule has 0 unspecified atom stereocenters. The second-order valence-corrected chi connectivity index (χ2v) is 4.53. The number of ether oxygens (including phenoxy) is 1. The van der Waals surface area contributed by atoms with E-state index in [0.717, 1.165) is 10.6 Å². The van der Waals surface area contributed by atoms with Gasteiger partial charge in [-0.3, -0.25) is 4.79 Å². The topological polar surface area (TPSA) is 39.4 Å². The van der Waals surface area contributed by atoms with Gasteiger partial charge in [0.15, 0.2) is 16.6 Å². The van der Waals surface area contributed by atoms with E-state index in [9.17, 15) is 4.79 Å². The Hall–Kier alpha value is -1.68. The van der Waals surface area contributed by atoms with Gasteiger partial charge in [0.2, 0.25) is 0 Å². The molecule has 4 heteroatoms. The van der Waals surface area contributed by atoms with Crippen LogP contribution in [0.15, 0.2) is 50.8 Å². The SMILES string of the molecule is COc1cccc(Sc2ccc(C(C)=O)o2)c1. The molecule has 0 saturated carbocycles. The van der Waals surface area contributed by atoms with Gasteiger partial charge in [-0.25, -0.2) is 0 Å². The van der Waals surface area contributed by atoms with Crippen molar-refractivity contribution in [3.8, 4) is 5.75 Å². The fraction of sp³-hybridized carbons (Fsp3) is 0.154. The largest absolute Gasteiger partial charge is 0.497 e.